The van der Waals surface area contributed by atoms with Gasteiger partial charge in [0.1, 0.15) is 22.5 Å². The summed E-state index contributed by atoms with van der Waals surface area (Å²) in [5.74, 6) is -0.647. The first-order valence-electron chi connectivity index (χ1n) is 8.20. The van der Waals surface area contributed by atoms with Crippen LogP contribution in [0.3, 0.4) is 0 Å². The first-order chi connectivity index (χ1) is 13.5. The van der Waals surface area contributed by atoms with Gasteiger partial charge in [-0.05, 0) is 42.5 Å². The van der Waals surface area contributed by atoms with Gasteiger partial charge in [-0.1, -0.05) is 0 Å². The molecule has 0 saturated heterocycles. The molecule has 0 aliphatic heterocycles. The van der Waals surface area contributed by atoms with Crippen molar-refractivity contribution in [1.82, 2.24) is 15.0 Å². The summed E-state index contributed by atoms with van der Waals surface area (Å²) < 4.78 is 14.4. The number of benzene rings is 2. The third-order valence-corrected chi connectivity index (χ3v) is 3.83. The Morgan fingerprint density at radius 1 is 0.964 bits per heavy atom. The first kappa shape index (κ1) is 18.9. The fourth-order valence-corrected chi connectivity index (χ4v) is 2.41. The van der Waals surface area contributed by atoms with Gasteiger partial charge in [0, 0.05) is 5.69 Å². The van der Waals surface area contributed by atoms with Crippen molar-refractivity contribution in [2.45, 2.75) is 0 Å². The van der Waals surface area contributed by atoms with E-state index in [0.29, 0.717) is 16.7 Å². The van der Waals surface area contributed by atoms with Crippen LogP contribution in [0.2, 0.25) is 0 Å². The van der Waals surface area contributed by atoms with Gasteiger partial charge in [-0.2, -0.15) is 4.80 Å². The molecule has 0 atom stereocenters. The SMILES string of the molecule is COC(=O)/C=C(/Nc1ccc2nn(-c3ccc(OC)cc3)nc2c1)C(=O)OC. The van der Waals surface area contributed by atoms with Gasteiger partial charge in [0.05, 0.1) is 33.1 Å². The quantitative estimate of drug-likeness (QED) is 0.510. The van der Waals surface area contributed by atoms with E-state index in [2.05, 4.69) is 25.0 Å². The highest BCUT2D eigenvalue weighted by Crippen LogP contribution is 2.20. The lowest BCUT2D eigenvalue weighted by Gasteiger charge is -2.08. The predicted molar refractivity (Wildman–Crippen MR) is 101 cm³/mol. The molecule has 1 N–H and O–H groups in total. The molecule has 0 bridgehead atoms. The van der Waals surface area contributed by atoms with Crippen LogP contribution in [0.5, 0.6) is 5.75 Å². The number of methoxy groups -OCH3 is 3. The smallest absolute Gasteiger partial charge is 0.354 e. The lowest BCUT2D eigenvalue weighted by atomic mass is 10.2. The lowest BCUT2D eigenvalue weighted by Crippen LogP contribution is -2.15. The number of hydrogen-bond acceptors (Lipinski definition) is 8. The Hall–Kier alpha value is -3.88. The third-order valence-electron chi connectivity index (χ3n) is 3.83. The number of carbonyl (C=O) groups excluding carboxylic acids is 2. The highest BCUT2D eigenvalue weighted by molar-refractivity contribution is 5.99. The molecule has 0 spiro atoms. The molecule has 1 heterocycles. The van der Waals surface area contributed by atoms with Gasteiger partial charge < -0.3 is 19.5 Å². The van der Waals surface area contributed by atoms with E-state index in [-0.39, 0.29) is 5.70 Å². The van der Waals surface area contributed by atoms with E-state index in [4.69, 9.17) is 4.74 Å². The Bertz CT molecular complexity index is 1040. The Labute approximate surface area is 160 Å². The summed E-state index contributed by atoms with van der Waals surface area (Å²) in [5.41, 5.74) is 2.51. The van der Waals surface area contributed by atoms with Gasteiger partial charge in [0.2, 0.25) is 0 Å². The standard InChI is InChI=1S/C19H18N4O5/c1-26-14-7-5-13(6-8-14)23-21-15-9-4-12(10-16(15)22-23)20-17(19(25)28-3)11-18(24)27-2/h4-11,20H,1-3H3/b17-11+. The van der Waals surface area contributed by atoms with Crippen LogP contribution in [0.1, 0.15) is 0 Å². The van der Waals surface area contributed by atoms with Gasteiger partial charge in [-0.15, -0.1) is 10.2 Å². The summed E-state index contributed by atoms with van der Waals surface area (Å²) >= 11 is 0. The van der Waals surface area contributed by atoms with E-state index in [1.54, 1.807) is 25.3 Å². The van der Waals surface area contributed by atoms with Crippen molar-refractivity contribution in [1.29, 1.82) is 0 Å². The van der Waals surface area contributed by atoms with Gasteiger partial charge in [0.25, 0.3) is 0 Å². The summed E-state index contributed by atoms with van der Waals surface area (Å²) in [5, 5.41) is 11.7. The van der Waals surface area contributed by atoms with E-state index in [9.17, 15) is 9.59 Å². The summed E-state index contributed by atoms with van der Waals surface area (Å²) in [4.78, 5) is 24.8. The van der Waals surface area contributed by atoms with Crippen LogP contribution in [0.15, 0.2) is 54.2 Å². The molecule has 0 saturated carbocycles. The van der Waals surface area contributed by atoms with E-state index in [1.807, 2.05) is 24.3 Å². The van der Waals surface area contributed by atoms with Crippen LogP contribution < -0.4 is 10.1 Å². The van der Waals surface area contributed by atoms with Crippen LogP contribution >= 0.6 is 0 Å². The fraction of sp³-hybridized carbons (Fsp3) is 0.158. The molecule has 1 aromatic heterocycles. The molecule has 0 aliphatic rings. The molecule has 0 aliphatic carbocycles. The maximum Gasteiger partial charge on any atom is 0.354 e. The Kier molecular flexibility index (Phi) is 5.54. The predicted octanol–water partition coefficient (Wildman–Crippen LogP) is 2.07. The molecule has 2 aromatic carbocycles. The molecule has 0 fully saturated rings. The second-order valence-electron chi connectivity index (χ2n) is 5.59. The molecule has 3 rings (SSSR count). The minimum Gasteiger partial charge on any atom is -0.497 e. The molecule has 0 amide bonds. The zero-order valence-electron chi connectivity index (χ0n) is 15.5. The highest BCUT2D eigenvalue weighted by Gasteiger charge is 2.14. The number of nitrogens with zero attached hydrogens (tertiary/aromatic N) is 3. The van der Waals surface area contributed by atoms with E-state index >= 15 is 0 Å². The zero-order valence-corrected chi connectivity index (χ0v) is 15.5. The molecule has 9 nitrogen and oxygen atoms in total. The van der Waals surface area contributed by atoms with E-state index in [0.717, 1.165) is 17.5 Å². The number of esters is 2. The van der Waals surface area contributed by atoms with Crippen molar-refractivity contribution in [3.8, 4) is 11.4 Å². The Balaban J connectivity index is 1.90. The highest BCUT2D eigenvalue weighted by atomic mass is 16.5. The maximum atomic E-state index is 11.9. The summed E-state index contributed by atoms with van der Waals surface area (Å²) in [6, 6.07) is 12.5. The minimum absolute atomic E-state index is 0.0590. The van der Waals surface area contributed by atoms with Crippen molar-refractivity contribution in [2.24, 2.45) is 0 Å². The van der Waals surface area contributed by atoms with Crippen molar-refractivity contribution < 1.29 is 23.8 Å². The molecular weight excluding hydrogens is 364 g/mol. The molecule has 144 valence electrons. The summed E-state index contributed by atoms with van der Waals surface area (Å²) in [6.07, 6.45) is 1.02. The monoisotopic (exact) mass is 382 g/mol. The van der Waals surface area contributed by atoms with Crippen LogP contribution in [0, 0.1) is 0 Å². The number of nitrogens with one attached hydrogen (secondary N) is 1. The average Bonchev–Trinajstić information content (AvgIpc) is 3.16. The van der Waals surface area contributed by atoms with Crippen LogP contribution in [0.4, 0.5) is 5.69 Å². The Morgan fingerprint density at radius 2 is 1.68 bits per heavy atom. The number of hydrogen-bond donors (Lipinski definition) is 1. The number of carbonyl (C=O) groups is 2. The summed E-state index contributed by atoms with van der Waals surface area (Å²) in [7, 11) is 4.04. The van der Waals surface area contributed by atoms with Gasteiger partial charge >= 0.3 is 11.9 Å². The molecule has 3 aromatic rings. The van der Waals surface area contributed by atoms with Crippen molar-refractivity contribution in [3.05, 3.63) is 54.2 Å². The average molecular weight is 382 g/mol. The Morgan fingerprint density at radius 3 is 2.32 bits per heavy atom. The normalized spacial score (nSPS) is 11.2. The van der Waals surface area contributed by atoms with E-state index in [1.165, 1.54) is 19.0 Å². The largest absolute Gasteiger partial charge is 0.497 e. The van der Waals surface area contributed by atoms with Crippen molar-refractivity contribution in [2.75, 3.05) is 26.6 Å². The number of fused-ring (bicyclic) bond motifs is 1. The minimum atomic E-state index is -0.701. The second-order valence-corrected chi connectivity index (χ2v) is 5.59. The molecule has 28 heavy (non-hydrogen) atoms. The first-order valence-corrected chi connectivity index (χ1v) is 8.20. The van der Waals surface area contributed by atoms with Crippen LogP contribution in [-0.2, 0) is 19.1 Å². The number of ether oxygens (including phenoxy) is 3. The molecular formula is C19H18N4O5. The van der Waals surface area contributed by atoms with Crippen molar-refractivity contribution >= 4 is 28.7 Å². The van der Waals surface area contributed by atoms with Crippen LogP contribution in [0.25, 0.3) is 16.7 Å². The number of aromatic nitrogens is 3. The summed E-state index contributed by atoms with van der Waals surface area (Å²) in [6.45, 7) is 0. The fourth-order valence-electron chi connectivity index (χ4n) is 2.41. The van der Waals surface area contributed by atoms with Gasteiger partial charge in [-0.25, -0.2) is 9.59 Å². The number of rotatable bonds is 6. The molecule has 9 heteroatoms. The zero-order chi connectivity index (χ0) is 20.1. The van der Waals surface area contributed by atoms with Gasteiger partial charge in [-0.3, -0.25) is 0 Å². The van der Waals surface area contributed by atoms with Crippen molar-refractivity contribution in [3.63, 3.8) is 0 Å². The second kappa shape index (κ2) is 8.21. The maximum absolute atomic E-state index is 11.9. The molecule has 0 unspecified atom stereocenters. The lowest BCUT2D eigenvalue weighted by molar-refractivity contribution is -0.138. The van der Waals surface area contributed by atoms with E-state index < -0.39 is 11.9 Å². The number of anilines is 1. The third kappa shape index (κ3) is 4.09. The topological polar surface area (TPSA) is 105 Å². The molecule has 0 radical (unpaired) electrons. The van der Waals surface area contributed by atoms with Crippen LogP contribution in [-0.4, -0.2) is 48.3 Å². The van der Waals surface area contributed by atoms with Gasteiger partial charge in [0.15, 0.2) is 0 Å².